The van der Waals surface area contributed by atoms with E-state index in [1.165, 1.54) is 29.2 Å². The van der Waals surface area contributed by atoms with E-state index in [4.69, 9.17) is 33.2 Å². The molecule has 0 saturated carbocycles. The number of carbonyl (C=O) groups excluding carboxylic acids is 6. The lowest BCUT2D eigenvalue weighted by Gasteiger charge is -2.44. The van der Waals surface area contributed by atoms with E-state index in [1.54, 1.807) is 32.0 Å². The lowest BCUT2D eigenvalue weighted by molar-refractivity contribution is -0.169. The Morgan fingerprint density at radius 1 is 0.455 bits per heavy atom. The first kappa shape index (κ1) is 101. The van der Waals surface area contributed by atoms with Crippen LogP contribution in [-0.2, 0) is 68.8 Å². The highest BCUT2D eigenvalue weighted by Gasteiger charge is 2.65. The molecule has 5 fully saturated rings. The van der Waals surface area contributed by atoms with Crippen LogP contribution in [0.5, 0.6) is 17.2 Å². The van der Waals surface area contributed by atoms with Crippen LogP contribution >= 0.6 is 0 Å². The zero-order chi connectivity index (χ0) is 93.1. The van der Waals surface area contributed by atoms with Crippen LogP contribution in [0.4, 0.5) is 87.8 Å². The van der Waals surface area contributed by atoms with Crippen LogP contribution in [0.2, 0.25) is 0 Å². The van der Waals surface area contributed by atoms with Gasteiger partial charge < -0.3 is 43.2 Å². The second-order valence-corrected chi connectivity index (χ2v) is 36.1. The molecule has 6 aromatic rings. The average molecular weight is 1790 g/mol. The molecule has 15 nitrogen and oxygen atoms in total. The zero-order valence-electron chi connectivity index (χ0n) is 70.6. The highest BCUT2D eigenvalue weighted by molar-refractivity contribution is 7.97. The number of carbonyl (C=O) groups is 6. The second-order valence-electron chi connectivity index (χ2n) is 33.8. The molecule has 6 aromatic carbocycles. The van der Waals surface area contributed by atoms with Crippen LogP contribution in [0.15, 0.2) is 47.4 Å². The Kier molecular flexibility index (Phi) is 32.5. The predicted octanol–water partition coefficient (Wildman–Crippen LogP) is 17.5. The Balaban J connectivity index is 0.000000226. The van der Waals surface area contributed by atoms with Crippen molar-refractivity contribution in [1.82, 2.24) is 4.90 Å². The standard InChI is InChI=1S/C24BF20.C18H25O4S.C17H26O3.C14H27NO2.C13H18O5/c26-5-1(6(27)14(35)21(42)13(5)34)25(2-7(28)15(36)22(43)16(37)8(2)29,3-9(30)17(38)23(44)18(39)10(3)31)4-11(32)19(40)24(45)20(41)12(4)33;1-4-18(2,3)17(20)21-13-16(19)22-14-7-9-15(10-8-14)23-11-5-6-12-23;1-7-16(3,4)13-11-12(9-10-14(13)18)20-15(19)17(5,6)8-2;1-7-14(4,5)13(16)17-12-8-10(2)15(6)11(3)9-12;1-4-13(2,3)12(15)18-9-7-5-6-8(16-7)10(9)17-11(6)14/h;7-10H,4-6,11-13H2,1-3H3;9-11,18H,7-8H2,1-6H3;10-12H,7-9H2,1-6H3;6-10H,4-5H2,1-3H3/q-1;+1;;;. The zero-order valence-corrected chi connectivity index (χ0v) is 71.4. The Morgan fingerprint density at radius 3 is 1.18 bits per heavy atom. The van der Waals surface area contributed by atoms with Crippen molar-refractivity contribution in [3.63, 3.8) is 0 Å². The Bertz CT molecular complexity index is 4560. The predicted molar refractivity (Wildman–Crippen MR) is 413 cm³/mol. The summed E-state index contributed by atoms with van der Waals surface area (Å²) in [6.45, 7) is 33.0. The fraction of sp³-hybridized carbons (Fsp3) is 0.512. The number of aromatic hydroxyl groups is 1. The lowest BCUT2D eigenvalue weighted by Crippen LogP contribution is -2.81. The largest absolute Gasteiger partial charge is 0.508 e. The third-order valence-corrected chi connectivity index (χ3v) is 26.4. The lowest BCUT2D eigenvalue weighted by atomic mass is 9.12. The summed E-state index contributed by atoms with van der Waals surface area (Å²) in [4.78, 5) is 75.0. The third kappa shape index (κ3) is 20.7. The van der Waals surface area contributed by atoms with E-state index in [0.717, 1.165) is 37.7 Å². The molecule has 7 atom stereocenters. The molecule has 1 N–H and O–H groups in total. The summed E-state index contributed by atoms with van der Waals surface area (Å²) in [5.74, 6) is -69.5. The van der Waals surface area contributed by atoms with Crippen LogP contribution < -0.4 is 31.3 Å². The molecule has 5 aliphatic heterocycles. The van der Waals surface area contributed by atoms with Gasteiger partial charge in [0.05, 0.1) is 33.7 Å². The van der Waals surface area contributed by atoms with Gasteiger partial charge in [0, 0.05) is 28.5 Å². The first-order chi connectivity index (χ1) is 57.0. The van der Waals surface area contributed by atoms with Gasteiger partial charge in [0.15, 0.2) is 93.5 Å². The van der Waals surface area contributed by atoms with E-state index in [1.807, 2.05) is 93.5 Å². The van der Waals surface area contributed by atoms with Gasteiger partial charge >= 0.3 is 35.8 Å². The molecule has 0 amide bonds. The number of nitrogens with zero attached hydrogens (tertiary/aromatic N) is 1. The number of hydrogen-bond acceptors (Lipinski definition) is 15. The second kappa shape index (κ2) is 39.6. The van der Waals surface area contributed by atoms with E-state index >= 15 is 35.1 Å². The number of phenolic OH excluding ortho intramolecular Hbond substituents is 1. The molecular weight excluding hydrogens is 1690 g/mol. The van der Waals surface area contributed by atoms with E-state index in [-0.39, 0.29) is 77.3 Å². The monoisotopic (exact) mass is 1790 g/mol. The molecule has 0 radical (unpaired) electrons. The van der Waals surface area contributed by atoms with Crippen molar-refractivity contribution in [1.29, 1.82) is 0 Å². The highest BCUT2D eigenvalue weighted by atomic mass is 32.2. The van der Waals surface area contributed by atoms with E-state index in [9.17, 15) is 86.6 Å². The maximum Gasteiger partial charge on any atom is 0.349 e. The number of piperidine rings is 1. The summed E-state index contributed by atoms with van der Waals surface area (Å²) in [6, 6.07) is 13.7. The summed E-state index contributed by atoms with van der Waals surface area (Å²) in [5, 5.41) is 10.0. The first-order valence-electron chi connectivity index (χ1n) is 39.4. The fourth-order valence-corrected chi connectivity index (χ4v) is 16.1. The quantitative estimate of drug-likeness (QED) is 0.0105. The number of esters is 6. The molecule has 5 saturated heterocycles. The molecule has 0 aromatic heterocycles. The van der Waals surface area contributed by atoms with E-state index < -0.39 is 179 Å². The summed E-state index contributed by atoms with van der Waals surface area (Å²) < 4.78 is 332. The normalized spacial score (nSPS) is 19.6. The van der Waals surface area contributed by atoms with Crippen LogP contribution in [-0.4, -0.2) is 120 Å². The topological polar surface area (TPSA) is 190 Å². The maximum absolute atomic E-state index is 15.4. The first-order valence-corrected chi connectivity index (χ1v) is 41.0. The van der Waals surface area contributed by atoms with Crippen LogP contribution in [0.1, 0.15) is 187 Å². The molecular formula is C86H96BF20NO14S. The minimum Gasteiger partial charge on any atom is -0.508 e. The fourth-order valence-electron chi connectivity index (χ4n) is 13.8. The van der Waals surface area contributed by atoms with Crippen molar-refractivity contribution in [2.45, 2.75) is 235 Å². The maximum atomic E-state index is 15.4. The van der Waals surface area contributed by atoms with Crippen molar-refractivity contribution in [3.8, 4) is 17.2 Å². The molecule has 0 spiro atoms. The van der Waals surface area contributed by atoms with Crippen molar-refractivity contribution >= 4 is 74.7 Å². The molecule has 5 heterocycles. The number of benzene rings is 6. The summed E-state index contributed by atoms with van der Waals surface area (Å²) in [6.07, 6.45) is 0.610. The average Bonchev–Trinajstić information content (AvgIpc) is 1.67. The number of halogens is 20. The number of rotatable bonds is 21. The van der Waals surface area contributed by atoms with Crippen molar-refractivity contribution in [2.75, 3.05) is 25.2 Å². The number of hydrogen-bond donors (Lipinski definition) is 1. The van der Waals surface area contributed by atoms with Gasteiger partial charge in [-0.2, -0.15) is 0 Å². The minimum atomic E-state index is -7.22. The molecule has 678 valence electrons. The van der Waals surface area contributed by atoms with Gasteiger partial charge in [-0.25, -0.2) is 92.6 Å². The van der Waals surface area contributed by atoms with Gasteiger partial charge in [-0.3, -0.25) is 24.0 Å². The van der Waals surface area contributed by atoms with Crippen molar-refractivity contribution < 1.29 is 155 Å². The highest BCUT2D eigenvalue weighted by Crippen LogP contribution is 2.48. The Hall–Kier alpha value is -9.13. The van der Waals surface area contributed by atoms with Crippen LogP contribution in [0, 0.1) is 144 Å². The molecule has 2 bridgehead atoms. The summed E-state index contributed by atoms with van der Waals surface area (Å²) in [7, 11) is 2.50. The van der Waals surface area contributed by atoms with Gasteiger partial charge in [0.2, 0.25) is 0 Å². The minimum absolute atomic E-state index is 0.0473. The Labute approximate surface area is 700 Å². The van der Waals surface area contributed by atoms with Crippen molar-refractivity contribution in [3.05, 3.63) is 164 Å². The van der Waals surface area contributed by atoms with Gasteiger partial charge in [-0.05, 0) is 188 Å². The van der Waals surface area contributed by atoms with E-state index in [2.05, 4.69) is 46.6 Å². The molecule has 7 unspecified atom stereocenters. The number of fused-ring (bicyclic) bond motifs is 1. The number of phenols is 1. The third-order valence-electron chi connectivity index (χ3n) is 23.9. The van der Waals surface area contributed by atoms with Crippen molar-refractivity contribution in [2.24, 2.45) is 27.6 Å². The van der Waals surface area contributed by atoms with Gasteiger partial charge in [-0.1, -0.05) is 48.5 Å². The SMILES string of the molecule is CCC(C)(C)C(=O)OC1C2CC3C(=O)OC1C3O2.CCC(C)(C)C(=O)OC1CC(C)N(C)C(C)C1.CCC(C)(C)C(=O)OCC(=O)Oc1ccc([S+]2CCCC2)cc1.CCC(C)(C)C(=O)Oc1ccc(O)c(C(C)(C)CC)c1.Fc1c(F)c(F)c([B-](c2c(F)c(F)c(F)c(F)c2F)(c2c(F)c(F)c(F)c(F)c2F)c2c(F)c(F)c(F)c(F)c2F)c(F)c1F. The molecule has 37 heteroatoms. The van der Waals surface area contributed by atoms with E-state index in [0.29, 0.717) is 53.7 Å². The van der Waals surface area contributed by atoms with Gasteiger partial charge in [0.25, 0.3) is 0 Å². The smallest absolute Gasteiger partial charge is 0.349 e. The van der Waals surface area contributed by atoms with Crippen LogP contribution in [0.3, 0.4) is 0 Å². The molecule has 123 heavy (non-hydrogen) atoms. The Morgan fingerprint density at radius 2 is 0.805 bits per heavy atom. The molecule has 0 aliphatic carbocycles. The number of likely N-dealkylation sites (tertiary alicyclic amines) is 1. The summed E-state index contributed by atoms with van der Waals surface area (Å²) >= 11 is 0. The number of ether oxygens (including phenoxy) is 7. The van der Waals surface area contributed by atoms with Crippen LogP contribution in [0.25, 0.3) is 0 Å². The molecule has 11 rings (SSSR count). The molecule has 5 aliphatic rings. The summed E-state index contributed by atoms with van der Waals surface area (Å²) in [5.41, 5.74) is -15.6. The van der Waals surface area contributed by atoms with Gasteiger partial charge in [0.1, 0.15) is 93.6 Å². The van der Waals surface area contributed by atoms with Gasteiger partial charge in [-0.15, -0.1) is 21.9 Å².